The first-order valence-electron chi connectivity index (χ1n) is 15.2. The molecule has 13 heteroatoms. The molecule has 0 aliphatic carbocycles. The van der Waals surface area contributed by atoms with E-state index in [9.17, 15) is 19.2 Å². The number of carbonyl (C=O) groups excluding carboxylic acids is 4. The van der Waals surface area contributed by atoms with Crippen molar-refractivity contribution in [2.75, 3.05) is 11.9 Å². The Labute approximate surface area is 261 Å². The van der Waals surface area contributed by atoms with Crippen molar-refractivity contribution in [3.63, 3.8) is 0 Å². The summed E-state index contributed by atoms with van der Waals surface area (Å²) >= 11 is 0. The van der Waals surface area contributed by atoms with Crippen LogP contribution in [0.25, 0.3) is 11.3 Å². The molecule has 1 aliphatic heterocycles. The van der Waals surface area contributed by atoms with E-state index in [1.807, 2.05) is 49.9 Å². The zero-order valence-corrected chi connectivity index (χ0v) is 25.8. The van der Waals surface area contributed by atoms with Gasteiger partial charge in [-0.2, -0.15) is 0 Å². The van der Waals surface area contributed by atoms with Crippen LogP contribution in [0.2, 0.25) is 0 Å². The summed E-state index contributed by atoms with van der Waals surface area (Å²) in [5.74, 6) is 0.679. The quantitative estimate of drug-likeness (QED) is 0.0969. The molecule has 13 nitrogen and oxygen atoms in total. The number of aromatic amines is 3. The third-order valence-electron chi connectivity index (χ3n) is 8.03. The fraction of sp³-hybridized carbons (Fsp3) is 0.375. The minimum Gasteiger partial charge on any atom is -0.357 e. The molecule has 1 aromatic carbocycles. The van der Waals surface area contributed by atoms with E-state index < -0.39 is 6.04 Å². The van der Waals surface area contributed by atoms with Crippen molar-refractivity contribution in [1.82, 2.24) is 40.5 Å². The van der Waals surface area contributed by atoms with E-state index in [0.717, 1.165) is 29.8 Å². The van der Waals surface area contributed by atoms with Crippen molar-refractivity contribution in [3.05, 3.63) is 72.0 Å². The van der Waals surface area contributed by atoms with Gasteiger partial charge in [0.25, 0.3) is 0 Å². The van der Waals surface area contributed by atoms with Crippen molar-refractivity contribution in [1.29, 1.82) is 0 Å². The van der Waals surface area contributed by atoms with Crippen LogP contribution in [0.5, 0.6) is 0 Å². The van der Waals surface area contributed by atoms with Crippen LogP contribution in [0.3, 0.4) is 0 Å². The highest BCUT2D eigenvalue weighted by atomic mass is 16.2. The maximum Gasteiger partial charge on any atom is 0.246 e. The second kappa shape index (κ2) is 13.6. The van der Waals surface area contributed by atoms with Crippen LogP contribution in [0, 0.1) is 5.92 Å². The maximum atomic E-state index is 13.3. The minimum atomic E-state index is -0.575. The van der Waals surface area contributed by atoms with Gasteiger partial charge in [-0.05, 0) is 48.9 Å². The first-order chi connectivity index (χ1) is 21.7. The summed E-state index contributed by atoms with van der Waals surface area (Å²) < 4.78 is 0. The van der Waals surface area contributed by atoms with Gasteiger partial charge in [0, 0.05) is 25.4 Å². The first-order valence-corrected chi connectivity index (χ1v) is 15.2. The molecule has 1 fully saturated rings. The van der Waals surface area contributed by atoms with Crippen LogP contribution in [0.4, 0.5) is 11.4 Å². The SMILES string of the molecule is CCC(NC(C)=O)c1ncc(C(=O)c2[nH]ccc2Nc2ccc(-c3cnc(C4CCCN4C(=O)C(NC=O)C(C)C)[nH]3)cc2)[nH]1. The normalized spacial score (nSPS) is 15.9. The molecule has 1 aliphatic rings. The number of carbonyl (C=O) groups is 4. The van der Waals surface area contributed by atoms with Crippen molar-refractivity contribution >= 4 is 35.4 Å². The first kappa shape index (κ1) is 31.2. The number of nitrogens with one attached hydrogen (secondary N) is 6. The van der Waals surface area contributed by atoms with Crippen LogP contribution in [-0.4, -0.2) is 66.4 Å². The number of amides is 3. The van der Waals surface area contributed by atoms with Crippen LogP contribution >= 0.6 is 0 Å². The third kappa shape index (κ3) is 6.82. The zero-order valence-electron chi connectivity index (χ0n) is 25.8. The van der Waals surface area contributed by atoms with Gasteiger partial charge < -0.3 is 35.8 Å². The highest BCUT2D eigenvalue weighted by molar-refractivity contribution is 6.10. The zero-order chi connectivity index (χ0) is 32.1. The number of nitrogens with zero attached hydrogens (tertiary/aromatic N) is 3. The standard InChI is InChI=1S/C32H39N9O4/c1-5-22(37-19(4)43)30-34-16-25(40-30)29(44)28-23(12-13-33-28)38-21-10-8-20(9-11-21)24-15-35-31(39-24)26-7-6-14-41(26)32(45)27(18(2)3)36-17-42/h8-13,15-18,22,26-27,33,38H,5-7,14H2,1-4H3,(H,34,40)(H,35,39)(H,36,42)(H,37,43). The van der Waals surface area contributed by atoms with E-state index in [-0.39, 0.29) is 35.6 Å². The smallest absolute Gasteiger partial charge is 0.246 e. The lowest BCUT2D eigenvalue weighted by molar-refractivity contribution is -0.137. The number of imidazole rings is 2. The number of rotatable bonds is 13. The topological polar surface area (TPSA) is 181 Å². The van der Waals surface area contributed by atoms with Gasteiger partial charge in [0.05, 0.1) is 35.9 Å². The largest absolute Gasteiger partial charge is 0.357 e. The van der Waals surface area contributed by atoms with Gasteiger partial charge in [-0.3, -0.25) is 19.2 Å². The number of aromatic nitrogens is 5. The van der Waals surface area contributed by atoms with E-state index in [4.69, 9.17) is 0 Å². The number of hydrogen-bond acceptors (Lipinski definition) is 7. The van der Waals surface area contributed by atoms with Crippen LogP contribution in [-0.2, 0) is 14.4 Å². The molecule has 236 valence electrons. The highest BCUT2D eigenvalue weighted by Gasteiger charge is 2.36. The van der Waals surface area contributed by atoms with Gasteiger partial charge in [-0.1, -0.05) is 32.9 Å². The van der Waals surface area contributed by atoms with Crippen molar-refractivity contribution < 1.29 is 19.2 Å². The number of hydrogen-bond donors (Lipinski definition) is 6. The summed E-state index contributed by atoms with van der Waals surface area (Å²) in [6, 6.07) is 8.43. The third-order valence-corrected chi connectivity index (χ3v) is 8.03. The summed E-state index contributed by atoms with van der Waals surface area (Å²) in [4.78, 5) is 69.3. The second-order valence-corrected chi connectivity index (χ2v) is 11.5. The molecular weight excluding hydrogens is 574 g/mol. The van der Waals surface area contributed by atoms with Gasteiger partial charge in [0.15, 0.2) is 0 Å². The number of likely N-dealkylation sites (tertiary alicyclic amines) is 1. The molecule has 1 saturated heterocycles. The number of anilines is 2. The Bertz CT molecular complexity index is 1650. The molecule has 0 bridgehead atoms. The van der Waals surface area contributed by atoms with Crippen LogP contribution < -0.4 is 16.0 Å². The molecule has 0 saturated carbocycles. The van der Waals surface area contributed by atoms with E-state index in [1.54, 1.807) is 18.5 Å². The molecule has 4 aromatic rings. The molecule has 3 amide bonds. The van der Waals surface area contributed by atoms with E-state index in [0.29, 0.717) is 48.1 Å². The molecule has 3 atom stereocenters. The average molecular weight is 614 g/mol. The minimum absolute atomic E-state index is 0.0308. The van der Waals surface area contributed by atoms with Crippen molar-refractivity contribution in [2.24, 2.45) is 5.92 Å². The molecule has 0 spiro atoms. The molecule has 3 aromatic heterocycles. The van der Waals surface area contributed by atoms with Gasteiger partial charge in [-0.25, -0.2) is 9.97 Å². The molecule has 4 heterocycles. The predicted octanol–water partition coefficient (Wildman–Crippen LogP) is 4.12. The Morgan fingerprint density at radius 2 is 1.87 bits per heavy atom. The molecule has 6 N–H and O–H groups in total. The lowest BCUT2D eigenvalue weighted by atomic mass is 10.0. The summed E-state index contributed by atoms with van der Waals surface area (Å²) in [6.45, 7) is 7.82. The second-order valence-electron chi connectivity index (χ2n) is 11.5. The summed E-state index contributed by atoms with van der Waals surface area (Å²) in [6.07, 6.45) is 7.79. The predicted molar refractivity (Wildman–Crippen MR) is 168 cm³/mol. The Morgan fingerprint density at radius 3 is 2.56 bits per heavy atom. The van der Waals surface area contributed by atoms with Gasteiger partial charge in [0.1, 0.15) is 29.1 Å². The molecule has 0 radical (unpaired) electrons. The summed E-state index contributed by atoms with van der Waals surface area (Å²) in [7, 11) is 0. The number of H-pyrrole nitrogens is 3. The van der Waals surface area contributed by atoms with E-state index in [1.165, 1.54) is 13.1 Å². The Hall–Kier alpha value is -5.20. The summed E-state index contributed by atoms with van der Waals surface area (Å²) in [5.41, 5.74) is 3.81. The molecular formula is C32H39N9O4. The van der Waals surface area contributed by atoms with E-state index >= 15 is 0 Å². The Balaban J connectivity index is 1.26. The van der Waals surface area contributed by atoms with Crippen molar-refractivity contribution in [3.8, 4) is 11.3 Å². The van der Waals surface area contributed by atoms with E-state index in [2.05, 4.69) is 40.9 Å². The van der Waals surface area contributed by atoms with Gasteiger partial charge in [0.2, 0.25) is 24.0 Å². The fourth-order valence-corrected chi connectivity index (χ4v) is 5.69. The molecule has 45 heavy (non-hydrogen) atoms. The Morgan fingerprint density at radius 1 is 1.09 bits per heavy atom. The fourth-order valence-electron chi connectivity index (χ4n) is 5.69. The van der Waals surface area contributed by atoms with Gasteiger partial charge >= 0.3 is 0 Å². The van der Waals surface area contributed by atoms with Crippen LogP contribution in [0.1, 0.15) is 86.9 Å². The van der Waals surface area contributed by atoms with Crippen LogP contribution in [0.15, 0.2) is 48.9 Å². The average Bonchev–Trinajstić information content (AvgIpc) is 3.84. The Kier molecular flexibility index (Phi) is 9.45. The monoisotopic (exact) mass is 613 g/mol. The number of benzene rings is 1. The van der Waals surface area contributed by atoms with Gasteiger partial charge in [-0.15, -0.1) is 0 Å². The summed E-state index contributed by atoms with van der Waals surface area (Å²) in [5, 5.41) is 8.80. The number of ketones is 1. The lowest BCUT2D eigenvalue weighted by Gasteiger charge is -2.29. The maximum absolute atomic E-state index is 13.3. The molecule has 5 rings (SSSR count). The highest BCUT2D eigenvalue weighted by Crippen LogP contribution is 2.33. The lowest BCUT2D eigenvalue weighted by Crippen LogP contribution is -2.48. The molecule has 3 unspecified atom stereocenters. The van der Waals surface area contributed by atoms with Crippen molar-refractivity contribution in [2.45, 2.75) is 65.1 Å².